The van der Waals surface area contributed by atoms with E-state index in [2.05, 4.69) is 0 Å². The highest BCUT2D eigenvalue weighted by atomic mass is 16.5. The van der Waals surface area contributed by atoms with E-state index in [1.54, 1.807) is 24.0 Å². The van der Waals surface area contributed by atoms with Gasteiger partial charge in [-0.25, -0.2) is 0 Å². The molecule has 6 nitrogen and oxygen atoms in total. The Hall–Kier alpha value is -3.80. The number of fused-ring (bicyclic) bond motifs is 3. The molecule has 2 amide bonds. The normalized spacial score (nSPS) is 16.1. The molecule has 5 rings (SSSR count). The Bertz CT molecular complexity index is 1310. The molecule has 0 spiro atoms. The van der Waals surface area contributed by atoms with Crippen LogP contribution in [0.5, 0.6) is 5.75 Å². The predicted octanol–water partition coefficient (Wildman–Crippen LogP) is 4.61. The summed E-state index contributed by atoms with van der Waals surface area (Å²) in [7, 11) is 3.33. The van der Waals surface area contributed by atoms with Crippen LogP contribution in [0.2, 0.25) is 0 Å². The molecule has 0 bridgehead atoms. The average Bonchev–Trinajstić information content (AvgIpc) is 3.38. The van der Waals surface area contributed by atoms with Crippen molar-refractivity contribution >= 4 is 39.4 Å². The molecule has 1 atom stereocenters. The van der Waals surface area contributed by atoms with Crippen molar-refractivity contribution in [1.29, 1.82) is 0 Å². The largest absolute Gasteiger partial charge is 0.495 e. The van der Waals surface area contributed by atoms with E-state index < -0.39 is 5.92 Å². The van der Waals surface area contributed by atoms with Crippen LogP contribution in [0.15, 0.2) is 71.1 Å². The van der Waals surface area contributed by atoms with Gasteiger partial charge in [-0.3, -0.25) is 9.59 Å². The molecule has 6 heteroatoms. The van der Waals surface area contributed by atoms with E-state index in [1.165, 1.54) is 0 Å². The monoisotopic (exact) mass is 428 g/mol. The fourth-order valence-electron chi connectivity index (χ4n) is 4.46. The van der Waals surface area contributed by atoms with Crippen LogP contribution in [0.25, 0.3) is 21.9 Å². The first-order valence-corrected chi connectivity index (χ1v) is 10.7. The van der Waals surface area contributed by atoms with Crippen LogP contribution in [-0.4, -0.2) is 37.4 Å². The Kier molecular flexibility index (Phi) is 5.05. The van der Waals surface area contributed by atoms with Gasteiger partial charge in [-0.15, -0.1) is 0 Å². The highest BCUT2D eigenvalue weighted by Gasteiger charge is 2.40. The topological polar surface area (TPSA) is 63.0 Å². The fourth-order valence-corrected chi connectivity index (χ4v) is 4.46. The summed E-state index contributed by atoms with van der Waals surface area (Å²) in [6, 6.07) is 21.3. The van der Waals surface area contributed by atoms with Gasteiger partial charge in [-0.1, -0.05) is 48.5 Å². The lowest BCUT2D eigenvalue weighted by Gasteiger charge is -2.22. The molecule has 0 N–H and O–H groups in total. The van der Waals surface area contributed by atoms with Gasteiger partial charge in [0.25, 0.3) is 0 Å². The van der Waals surface area contributed by atoms with Crippen molar-refractivity contribution in [3.05, 3.63) is 72.3 Å². The van der Waals surface area contributed by atoms with Gasteiger partial charge >= 0.3 is 0 Å². The number of anilines is 1. The van der Waals surface area contributed by atoms with Crippen molar-refractivity contribution in [3.63, 3.8) is 0 Å². The van der Waals surface area contributed by atoms with E-state index in [4.69, 9.17) is 9.15 Å². The van der Waals surface area contributed by atoms with Crippen molar-refractivity contribution in [2.75, 3.05) is 25.6 Å². The van der Waals surface area contributed by atoms with E-state index in [1.807, 2.05) is 66.7 Å². The van der Waals surface area contributed by atoms with Crippen molar-refractivity contribution in [2.45, 2.75) is 13.0 Å². The molecule has 1 aliphatic heterocycles. The molecule has 3 aromatic carbocycles. The molecular formula is C26H24N2O4. The number of nitrogens with zero attached hydrogens (tertiary/aromatic N) is 2. The number of carbonyl (C=O) groups excluding carboxylic acids is 2. The van der Waals surface area contributed by atoms with Crippen molar-refractivity contribution < 1.29 is 18.7 Å². The molecule has 1 aromatic heterocycles. The van der Waals surface area contributed by atoms with E-state index in [-0.39, 0.29) is 11.8 Å². The number of benzene rings is 3. The van der Waals surface area contributed by atoms with Crippen molar-refractivity contribution in [1.82, 2.24) is 4.90 Å². The molecule has 32 heavy (non-hydrogen) atoms. The zero-order valence-electron chi connectivity index (χ0n) is 18.1. The average molecular weight is 428 g/mol. The Morgan fingerprint density at radius 1 is 1.06 bits per heavy atom. The Labute approximate surface area is 186 Å². The summed E-state index contributed by atoms with van der Waals surface area (Å²) >= 11 is 0. The summed E-state index contributed by atoms with van der Waals surface area (Å²) < 4.78 is 11.6. The van der Waals surface area contributed by atoms with Gasteiger partial charge in [0.05, 0.1) is 12.8 Å². The number of hydrogen-bond acceptors (Lipinski definition) is 4. The smallest absolute Gasteiger partial charge is 0.239 e. The van der Waals surface area contributed by atoms with Gasteiger partial charge < -0.3 is 19.0 Å². The number of furan rings is 1. The quantitative estimate of drug-likeness (QED) is 0.436. The maximum atomic E-state index is 13.3. The summed E-state index contributed by atoms with van der Waals surface area (Å²) in [5.41, 5.74) is 3.13. The lowest BCUT2D eigenvalue weighted by Crippen LogP contribution is -2.37. The number of amides is 2. The number of hydrogen-bond donors (Lipinski definition) is 0. The third kappa shape index (κ3) is 3.38. The Balaban J connectivity index is 1.42. The molecule has 0 unspecified atom stereocenters. The molecule has 0 radical (unpaired) electrons. The first kappa shape index (κ1) is 20.1. The number of ether oxygens (including phenoxy) is 1. The molecule has 0 saturated carbocycles. The van der Waals surface area contributed by atoms with Gasteiger partial charge in [0.2, 0.25) is 11.8 Å². The molecular weight excluding hydrogens is 404 g/mol. The maximum absolute atomic E-state index is 13.3. The maximum Gasteiger partial charge on any atom is 0.239 e. The van der Waals surface area contributed by atoms with Crippen molar-refractivity contribution in [2.24, 2.45) is 5.92 Å². The van der Waals surface area contributed by atoms with Crippen LogP contribution in [0, 0.1) is 5.92 Å². The SMILES string of the molecule is COc1cc2c(cc1N1CC[C@@H](C(=O)N(C)Cc3ccccc3)C1=O)oc1ccccc12. The summed E-state index contributed by atoms with van der Waals surface area (Å²) in [4.78, 5) is 29.6. The van der Waals surface area contributed by atoms with Crippen LogP contribution < -0.4 is 9.64 Å². The van der Waals surface area contributed by atoms with Crippen LogP contribution in [0.1, 0.15) is 12.0 Å². The second-order valence-corrected chi connectivity index (χ2v) is 8.13. The van der Waals surface area contributed by atoms with Crippen LogP contribution >= 0.6 is 0 Å². The highest BCUT2D eigenvalue weighted by molar-refractivity contribution is 6.12. The molecule has 0 aliphatic carbocycles. The summed E-state index contributed by atoms with van der Waals surface area (Å²) in [6.45, 7) is 0.925. The van der Waals surface area contributed by atoms with E-state index >= 15 is 0 Å². The van der Waals surface area contributed by atoms with Gasteiger partial charge in [-0.2, -0.15) is 0 Å². The molecule has 1 fully saturated rings. The fraction of sp³-hybridized carbons (Fsp3) is 0.231. The Morgan fingerprint density at radius 2 is 1.81 bits per heavy atom. The van der Waals surface area contributed by atoms with E-state index in [9.17, 15) is 9.59 Å². The number of methoxy groups -OCH3 is 1. The first-order valence-electron chi connectivity index (χ1n) is 10.7. The molecule has 4 aromatic rings. The van der Waals surface area contributed by atoms with Crippen LogP contribution in [0.3, 0.4) is 0 Å². The van der Waals surface area contributed by atoms with Crippen molar-refractivity contribution in [3.8, 4) is 5.75 Å². The highest BCUT2D eigenvalue weighted by Crippen LogP contribution is 2.40. The second kappa shape index (κ2) is 8.04. The van der Waals surface area contributed by atoms with Gasteiger partial charge in [-0.05, 0) is 24.1 Å². The molecule has 1 aliphatic rings. The van der Waals surface area contributed by atoms with Gasteiger partial charge in [0.15, 0.2) is 0 Å². The predicted molar refractivity (Wildman–Crippen MR) is 124 cm³/mol. The second-order valence-electron chi connectivity index (χ2n) is 8.13. The van der Waals surface area contributed by atoms with Crippen LogP contribution in [-0.2, 0) is 16.1 Å². The number of rotatable bonds is 5. The summed E-state index contributed by atoms with van der Waals surface area (Å²) in [5, 5.41) is 1.93. The molecule has 2 heterocycles. The van der Waals surface area contributed by atoms with Gasteiger partial charge in [0, 0.05) is 37.0 Å². The first-order chi connectivity index (χ1) is 15.6. The zero-order chi connectivity index (χ0) is 22.2. The number of para-hydroxylation sites is 1. The Morgan fingerprint density at radius 3 is 2.59 bits per heavy atom. The standard InChI is InChI=1S/C26H24N2O4/c1-27(16-17-8-4-3-5-9-17)25(29)19-12-13-28(26(19)30)21-15-23-20(14-24(21)31-2)18-10-6-7-11-22(18)32-23/h3-11,14-15,19H,12-13,16H2,1-2H3/t19-/m0/s1. The summed E-state index contributed by atoms with van der Waals surface area (Å²) in [5.74, 6) is -0.475. The molecule has 162 valence electrons. The minimum absolute atomic E-state index is 0.162. The third-order valence-corrected chi connectivity index (χ3v) is 6.11. The lowest BCUT2D eigenvalue weighted by molar-refractivity contribution is -0.139. The zero-order valence-corrected chi connectivity index (χ0v) is 18.1. The summed E-state index contributed by atoms with van der Waals surface area (Å²) in [6.07, 6.45) is 0.470. The van der Waals surface area contributed by atoms with Crippen LogP contribution in [0.4, 0.5) is 5.69 Å². The minimum atomic E-state index is -0.695. The van der Waals surface area contributed by atoms with E-state index in [0.717, 1.165) is 21.9 Å². The minimum Gasteiger partial charge on any atom is -0.495 e. The third-order valence-electron chi connectivity index (χ3n) is 6.11. The lowest BCUT2D eigenvalue weighted by atomic mass is 10.1. The molecule has 1 saturated heterocycles. The van der Waals surface area contributed by atoms with E-state index in [0.29, 0.717) is 36.5 Å². The van der Waals surface area contributed by atoms with Gasteiger partial charge in [0.1, 0.15) is 22.8 Å². The number of carbonyl (C=O) groups is 2.